The number of rotatable bonds is 3. The van der Waals surface area contributed by atoms with E-state index in [0.717, 1.165) is 31.7 Å². The van der Waals surface area contributed by atoms with E-state index in [1.807, 2.05) is 6.07 Å². The lowest BCUT2D eigenvalue weighted by Crippen LogP contribution is -2.48. The molecular formula is C20H28N2O2. The van der Waals surface area contributed by atoms with Gasteiger partial charge in [-0.1, -0.05) is 12.8 Å². The number of methoxy groups -OCH3 is 1. The molecule has 0 spiro atoms. The summed E-state index contributed by atoms with van der Waals surface area (Å²) in [5.41, 5.74) is 2.61. The van der Waals surface area contributed by atoms with Crippen LogP contribution in [0.5, 0.6) is 5.75 Å². The summed E-state index contributed by atoms with van der Waals surface area (Å²) >= 11 is 0. The lowest BCUT2D eigenvalue weighted by molar-refractivity contribution is 0.00876. The molecule has 1 saturated carbocycles. The Morgan fingerprint density at radius 1 is 1.12 bits per heavy atom. The van der Waals surface area contributed by atoms with Gasteiger partial charge in [0.15, 0.2) is 0 Å². The minimum Gasteiger partial charge on any atom is -0.497 e. The van der Waals surface area contributed by atoms with Crippen molar-refractivity contribution in [2.45, 2.75) is 56.6 Å². The summed E-state index contributed by atoms with van der Waals surface area (Å²) in [6.07, 6.45) is 9.01. The highest BCUT2D eigenvalue weighted by Crippen LogP contribution is 2.36. The third kappa shape index (κ3) is 2.93. The van der Waals surface area contributed by atoms with Crippen molar-refractivity contribution in [2.75, 3.05) is 20.2 Å². The van der Waals surface area contributed by atoms with E-state index < -0.39 is 0 Å². The van der Waals surface area contributed by atoms with Crippen LogP contribution >= 0.6 is 0 Å². The van der Waals surface area contributed by atoms with Crippen molar-refractivity contribution in [2.24, 2.45) is 0 Å². The number of nitrogens with one attached hydrogen (secondary N) is 1. The van der Waals surface area contributed by atoms with E-state index >= 15 is 0 Å². The predicted molar refractivity (Wildman–Crippen MR) is 96.7 cm³/mol. The average molecular weight is 328 g/mol. The van der Waals surface area contributed by atoms with Crippen molar-refractivity contribution < 1.29 is 9.84 Å². The van der Waals surface area contributed by atoms with E-state index in [0.29, 0.717) is 12.0 Å². The van der Waals surface area contributed by atoms with Crippen LogP contribution in [0.15, 0.2) is 24.4 Å². The third-order valence-electron chi connectivity index (χ3n) is 6.05. The Hall–Kier alpha value is -1.52. The molecule has 0 bridgehead atoms. The van der Waals surface area contributed by atoms with Crippen molar-refractivity contribution >= 4 is 10.9 Å². The van der Waals surface area contributed by atoms with E-state index in [1.54, 1.807) is 7.11 Å². The second kappa shape index (κ2) is 6.77. The van der Waals surface area contributed by atoms with Crippen LogP contribution in [0.4, 0.5) is 0 Å². The normalized spacial score (nSPS) is 26.8. The highest BCUT2D eigenvalue weighted by molar-refractivity contribution is 5.85. The molecule has 0 radical (unpaired) electrons. The SMILES string of the molecule is COc1ccc2[nH]cc(C3CCN(C4CCCCC4O)CC3)c2c1. The number of fused-ring (bicyclic) bond motifs is 1. The Kier molecular flexibility index (Phi) is 4.51. The second-order valence-corrected chi connectivity index (χ2v) is 7.38. The summed E-state index contributed by atoms with van der Waals surface area (Å²) < 4.78 is 5.39. The van der Waals surface area contributed by atoms with E-state index in [1.165, 1.54) is 42.1 Å². The van der Waals surface area contributed by atoms with Crippen LogP contribution < -0.4 is 4.74 Å². The van der Waals surface area contributed by atoms with Gasteiger partial charge in [0, 0.05) is 23.1 Å². The van der Waals surface area contributed by atoms with Crippen LogP contribution in [-0.2, 0) is 0 Å². The Bertz CT molecular complexity index is 688. The summed E-state index contributed by atoms with van der Waals surface area (Å²) in [7, 11) is 1.72. The van der Waals surface area contributed by atoms with Crippen molar-refractivity contribution in [3.63, 3.8) is 0 Å². The maximum absolute atomic E-state index is 10.3. The average Bonchev–Trinajstić information content (AvgIpc) is 3.05. The number of H-pyrrole nitrogens is 1. The number of aromatic amines is 1. The molecule has 4 heteroatoms. The zero-order valence-corrected chi connectivity index (χ0v) is 14.5. The molecule has 2 aromatic rings. The number of likely N-dealkylation sites (tertiary alicyclic amines) is 1. The third-order valence-corrected chi connectivity index (χ3v) is 6.05. The first-order valence-electron chi connectivity index (χ1n) is 9.33. The van der Waals surface area contributed by atoms with Crippen molar-refractivity contribution in [3.8, 4) is 5.75 Å². The molecule has 1 saturated heterocycles. The molecule has 4 nitrogen and oxygen atoms in total. The monoisotopic (exact) mass is 328 g/mol. The van der Waals surface area contributed by atoms with Gasteiger partial charge in [0.25, 0.3) is 0 Å². The Morgan fingerprint density at radius 3 is 2.67 bits per heavy atom. The number of ether oxygens (including phenoxy) is 1. The minimum absolute atomic E-state index is 0.118. The molecule has 130 valence electrons. The van der Waals surface area contributed by atoms with Crippen LogP contribution in [0.2, 0.25) is 0 Å². The molecule has 2 unspecified atom stereocenters. The molecule has 1 aliphatic heterocycles. The first-order chi connectivity index (χ1) is 11.8. The molecule has 1 aromatic heterocycles. The first kappa shape index (κ1) is 16.0. The van der Waals surface area contributed by atoms with E-state index in [9.17, 15) is 5.11 Å². The minimum atomic E-state index is -0.118. The van der Waals surface area contributed by atoms with Crippen LogP contribution in [0.3, 0.4) is 0 Å². The maximum Gasteiger partial charge on any atom is 0.119 e. The van der Waals surface area contributed by atoms with E-state index in [2.05, 4.69) is 28.2 Å². The highest BCUT2D eigenvalue weighted by atomic mass is 16.5. The number of nitrogens with zero attached hydrogens (tertiary/aromatic N) is 1. The van der Waals surface area contributed by atoms with Gasteiger partial charge in [-0.3, -0.25) is 4.90 Å². The van der Waals surface area contributed by atoms with Crippen molar-refractivity contribution in [1.82, 2.24) is 9.88 Å². The maximum atomic E-state index is 10.3. The predicted octanol–water partition coefficient (Wildman–Crippen LogP) is 3.66. The zero-order chi connectivity index (χ0) is 16.5. The van der Waals surface area contributed by atoms with Gasteiger partial charge in [0.2, 0.25) is 0 Å². The number of hydrogen-bond donors (Lipinski definition) is 2. The van der Waals surface area contributed by atoms with Gasteiger partial charge >= 0.3 is 0 Å². The summed E-state index contributed by atoms with van der Waals surface area (Å²) in [5.74, 6) is 1.52. The summed E-state index contributed by atoms with van der Waals surface area (Å²) in [6, 6.07) is 6.65. The van der Waals surface area contributed by atoms with E-state index in [4.69, 9.17) is 4.74 Å². The van der Waals surface area contributed by atoms with E-state index in [-0.39, 0.29) is 6.10 Å². The topological polar surface area (TPSA) is 48.5 Å². The molecule has 1 aromatic carbocycles. The smallest absolute Gasteiger partial charge is 0.119 e. The number of aliphatic hydroxyl groups excluding tert-OH is 1. The van der Waals surface area contributed by atoms with Gasteiger partial charge in [0.05, 0.1) is 13.2 Å². The highest BCUT2D eigenvalue weighted by Gasteiger charge is 2.32. The van der Waals surface area contributed by atoms with Crippen LogP contribution in [0, 0.1) is 0 Å². The Morgan fingerprint density at radius 2 is 1.92 bits per heavy atom. The number of hydrogen-bond acceptors (Lipinski definition) is 3. The molecule has 1 aliphatic carbocycles. The van der Waals surface area contributed by atoms with Crippen LogP contribution in [0.25, 0.3) is 10.9 Å². The van der Waals surface area contributed by atoms with Gasteiger partial charge in [-0.25, -0.2) is 0 Å². The first-order valence-corrected chi connectivity index (χ1v) is 9.33. The molecule has 2 atom stereocenters. The second-order valence-electron chi connectivity index (χ2n) is 7.38. The quantitative estimate of drug-likeness (QED) is 0.904. The summed E-state index contributed by atoms with van der Waals surface area (Å²) in [6.45, 7) is 2.20. The number of aromatic nitrogens is 1. The summed E-state index contributed by atoms with van der Waals surface area (Å²) in [5, 5.41) is 11.6. The van der Waals surface area contributed by atoms with Crippen molar-refractivity contribution in [3.05, 3.63) is 30.0 Å². The lowest BCUT2D eigenvalue weighted by Gasteiger charge is -2.41. The molecule has 2 heterocycles. The van der Waals surface area contributed by atoms with Gasteiger partial charge in [-0.2, -0.15) is 0 Å². The van der Waals surface area contributed by atoms with Gasteiger partial charge in [-0.05, 0) is 68.5 Å². The lowest BCUT2D eigenvalue weighted by atomic mass is 9.85. The molecule has 2 fully saturated rings. The fourth-order valence-electron chi connectivity index (χ4n) is 4.65. The van der Waals surface area contributed by atoms with Crippen LogP contribution in [0.1, 0.15) is 50.0 Å². The summed E-state index contributed by atoms with van der Waals surface area (Å²) in [4.78, 5) is 5.95. The van der Waals surface area contributed by atoms with Crippen LogP contribution in [-0.4, -0.2) is 47.3 Å². The zero-order valence-electron chi connectivity index (χ0n) is 14.5. The molecule has 4 rings (SSSR count). The Labute approximate surface area is 143 Å². The molecular weight excluding hydrogens is 300 g/mol. The molecule has 2 aliphatic rings. The van der Waals surface area contributed by atoms with Crippen molar-refractivity contribution in [1.29, 1.82) is 0 Å². The largest absolute Gasteiger partial charge is 0.497 e. The fraction of sp³-hybridized carbons (Fsp3) is 0.600. The number of piperidine rings is 1. The Balaban J connectivity index is 1.47. The standard InChI is InChI=1S/C20H28N2O2/c1-24-15-6-7-18-16(12-15)17(13-21-18)14-8-10-22(11-9-14)19-4-2-3-5-20(19)23/h6-7,12-14,19-21,23H,2-5,8-11H2,1H3. The molecule has 0 amide bonds. The molecule has 24 heavy (non-hydrogen) atoms. The van der Waals surface area contributed by atoms with Gasteiger partial charge in [0.1, 0.15) is 5.75 Å². The number of aliphatic hydroxyl groups is 1. The number of benzene rings is 1. The van der Waals surface area contributed by atoms with Gasteiger partial charge in [-0.15, -0.1) is 0 Å². The fourth-order valence-corrected chi connectivity index (χ4v) is 4.65. The molecule has 2 N–H and O–H groups in total. The van der Waals surface area contributed by atoms with Gasteiger partial charge < -0.3 is 14.8 Å².